The summed E-state index contributed by atoms with van der Waals surface area (Å²) in [6.45, 7) is 2.47. The number of aromatic amines is 1. The molecule has 0 atom stereocenters. The Labute approximate surface area is 110 Å². The number of aromatic nitrogens is 4. The van der Waals surface area contributed by atoms with Gasteiger partial charge in [0, 0.05) is 19.3 Å². The van der Waals surface area contributed by atoms with Crippen LogP contribution in [0.4, 0.5) is 0 Å². The van der Waals surface area contributed by atoms with Crippen LogP contribution < -0.4 is 5.32 Å². The summed E-state index contributed by atoms with van der Waals surface area (Å²) in [5, 5.41) is 14.3. The summed E-state index contributed by atoms with van der Waals surface area (Å²) < 4.78 is 3.89. The first-order valence-electron chi connectivity index (χ1n) is 4.82. The fourth-order valence-corrected chi connectivity index (χ4v) is 1.95. The van der Waals surface area contributed by atoms with Gasteiger partial charge in [-0.2, -0.15) is 10.2 Å². The van der Waals surface area contributed by atoms with E-state index in [1.54, 1.807) is 12.4 Å². The van der Waals surface area contributed by atoms with Crippen molar-refractivity contribution in [3.05, 3.63) is 33.2 Å². The Balaban J connectivity index is 1.71. The number of hydrogen-bond donors (Lipinski definition) is 2. The van der Waals surface area contributed by atoms with Gasteiger partial charge in [0.1, 0.15) is 0 Å². The third-order valence-corrected chi connectivity index (χ3v) is 3.18. The minimum Gasteiger partial charge on any atom is -0.309 e. The van der Waals surface area contributed by atoms with E-state index in [2.05, 4.69) is 52.5 Å². The Morgan fingerprint density at radius 3 is 2.88 bits per heavy atom. The van der Waals surface area contributed by atoms with Gasteiger partial charge in [-0.1, -0.05) is 0 Å². The quantitative estimate of drug-likeness (QED) is 0.811. The summed E-state index contributed by atoms with van der Waals surface area (Å²) in [5.41, 5.74) is 1.06. The fourth-order valence-electron chi connectivity index (χ4n) is 1.29. The highest BCUT2D eigenvalue weighted by atomic mass is 79.9. The third kappa shape index (κ3) is 3.16. The van der Waals surface area contributed by atoms with Crippen LogP contribution in [0, 0.1) is 0 Å². The minimum absolute atomic E-state index is 0.767. The molecule has 0 unspecified atom stereocenters. The molecule has 16 heavy (non-hydrogen) atoms. The molecule has 0 saturated heterocycles. The minimum atomic E-state index is 0.767. The van der Waals surface area contributed by atoms with Gasteiger partial charge in [-0.05, 0) is 31.9 Å². The molecule has 0 spiro atoms. The molecule has 0 amide bonds. The average molecular weight is 349 g/mol. The predicted molar refractivity (Wildman–Crippen MR) is 67.9 cm³/mol. The molecule has 0 aliphatic rings. The molecule has 2 aromatic heterocycles. The zero-order valence-corrected chi connectivity index (χ0v) is 11.6. The summed E-state index contributed by atoms with van der Waals surface area (Å²) >= 11 is 6.77. The molecule has 0 bridgehead atoms. The van der Waals surface area contributed by atoms with Crippen molar-refractivity contribution in [1.29, 1.82) is 0 Å². The lowest BCUT2D eigenvalue weighted by Gasteiger charge is -2.03. The summed E-state index contributed by atoms with van der Waals surface area (Å²) in [7, 11) is 0. The van der Waals surface area contributed by atoms with Crippen LogP contribution in [0.1, 0.15) is 5.69 Å². The largest absolute Gasteiger partial charge is 0.309 e. The smallest absolute Gasteiger partial charge is 0.0633 e. The second kappa shape index (κ2) is 5.60. The van der Waals surface area contributed by atoms with E-state index in [1.165, 1.54) is 0 Å². The zero-order valence-electron chi connectivity index (χ0n) is 8.45. The molecule has 0 saturated carbocycles. The van der Waals surface area contributed by atoms with E-state index in [1.807, 2.05) is 10.9 Å². The van der Waals surface area contributed by atoms with E-state index in [0.29, 0.717) is 0 Å². The number of rotatable bonds is 5. The monoisotopic (exact) mass is 347 g/mol. The van der Waals surface area contributed by atoms with E-state index in [0.717, 1.165) is 34.3 Å². The topological polar surface area (TPSA) is 58.5 Å². The van der Waals surface area contributed by atoms with Crippen molar-refractivity contribution in [3.8, 4) is 0 Å². The second-order valence-electron chi connectivity index (χ2n) is 3.29. The molecule has 2 heterocycles. The van der Waals surface area contributed by atoms with Gasteiger partial charge in [0.2, 0.25) is 0 Å². The summed E-state index contributed by atoms with van der Waals surface area (Å²) in [6, 6.07) is 0. The van der Waals surface area contributed by atoms with Crippen LogP contribution in [0.25, 0.3) is 0 Å². The van der Waals surface area contributed by atoms with Crippen molar-refractivity contribution in [2.75, 3.05) is 6.54 Å². The highest BCUT2D eigenvalue weighted by molar-refractivity contribution is 9.10. The van der Waals surface area contributed by atoms with Crippen LogP contribution in [0.5, 0.6) is 0 Å². The van der Waals surface area contributed by atoms with Gasteiger partial charge < -0.3 is 5.32 Å². The Hall–Kier alpha value is -0.660. The van der Waals surface area contributed by atoms with Gasteiger partial charge in [0.15, 0.2) is 0 Å². The van der Waals surface area contributed by atoms with Crippen LogP contribution in [-0.2, 0) is 13.1 Å². The first kappa shape index (κ1) is 11.8. The van der Waals surface area contributed by atoms with E-state index >= 15 is 0 Å². The van der Waals surface area contributed by atoms with Gasteiger partial charge in [0.25, 0.3) is 0 Å². The maximum absolute atomic E-state index is 4.17. The van der Waals surface area contributed by atoms with Crippen LogP contribution in [0.2, 0.25) is 0 Å². The lowest BCUT2D eigenvalue weighted by Crippen LogP contribution is -2.20. The average Bonchev–Trinajstić information content (AvgIpc) is 2.83. The highest BCUT2D eigenvalue weighted by Crippen LogP contribution is 2.11. The van der Waals surface area contributed by atoms with Crippen molar-refractivity contribution in [2.45, 2.75) is 13.1 Å². The lowest BCUT2D eigenvalue weighted by atomic mass is 10.4. The van der Waals surface area contributed by atoms with Crippen LogP contribution >= 0.6 is 31.9 Å². The molecule has 0 fully saturated rings. The number of nitrogens with zero attached hydrogens (tertiary/aromatic N) is 3. The molecule has 0 aliphatic carbocycles. The standard InChI is InChI=1S/C9H11Br2N5/c10-7-3-14-16(6-7)2-1-12-5-9-8(11)4-13-15-9/h3-4,6,12H,1-2,5H2,(H,13,15). The molecule has 2 N–H and O–H groups in total. The summed E-state index contributed by atoms with van der Waals surface area (Å²) in [4.78, 5) is 0. The van der Waals surface area contributed by atoms with Crippen molar-refractivity contribution in [1.82, 2.24) is 25.3 Å². The summed E-state index contributed by atoms with van der Waals surface area (Å²) in [5.74, 6) is 0. The molecule has 0 radical (unpaired) electrons. The molecule has 0 aromatic carbocycles. The predicted octanol–water partition coefficient (Wildman–Crippen LogP) is 1.92. The van der Waals surface area contributed by atoms with Gasteiger partial charge in [-0.25, -0.2) is 0 Å². The lowest BCUT2D eigenvalue weighted by molar-refractivity contribution is 0.550. The number of H-pyrrole nitrogens is 1. The number of halogens is 2. The second-order valence-corrected chi connectivity index (χ2v) is 5.06. The Morgan fingerprint density at radius 1 is 1.38 bits per heavy atom. The fraction of sp³-hybridized carbons (Fsp3) is 0.333. The molecule has 2 aromatic rings. The van der Waals surface area contributed by atoms with Crippen LogP contribution in [0.3, 0.4) is 0 Å². The van der Waals surface area contributed by atoms with Crippen molar-refractivity contribution in [2.24, 2.45) is 0 Å². The van der Waals surface area contributed by atoms with E-state index in [9.17, 15) is 0 Å². The molecule has 2 rings (SSSR count). The molecular weight excluding hydrogens is 338 g/mol. The van der Waals surface area contributed by atoms with Gasteiger partial charge in [-0.15, -0.1) is 0 Å². The molecule has 86 valence electrons. The first-order valence-corrected chi connectivity index (χ1v) is 6.41. The van der Waals surface area contributed by atoms with E-state index in [-0.39, 0.29) is 0 Å². The van der Waals surface area contributed by atoms with Gasteiger partial charge in [-0.3, -0.25) is 9.78 Å². The van der Waals surface area contributed by atoms with Crippen molar-refractivity contribution < 1.29 is 0 Å². The van der Waals surface area contributed by atoms with E-state index < -0.39 is 0 Å². The van der Waals surface area contributed by atoms with Gasteiger partial charge in [0.05, 0.1) is 33.6 Å². The Kier molecular flexibility index (Phi) is 4.14. The molecule has 0 aliphatic heterocycles. The number of nitrogens with one attached hydrogen (secondary N) is 2. The molecule has 7 heteroatoms. The maximum Gasteiger partial charge on any atom is 0.0633 e. The molecular formula is C9H11Br2N5. The maximum atomic E-state index is 4.17. The Morgan fingerprint density at radius 2 is 2.25 bits per heavy atom. The molecule has 5 nitrogen and oxygen atoms in total. The van der Waals surface area contributed by atoms with Crippen LogP contribution in [0.15, 0.2) is 27.5 Å². The normalized spacial score (nSPS) is 10.9. The van der Waals surface area contributed by atoms with Crippen LogP contribution in [-0.4, -0.2) is 26.5 Å². The van der Waals surface area contributed by atoms with Gasteiger partial charge >= 0.3 is 0 Å². The SMILES string of the molecule is Brc1cnn(CCNCc2[nH]ncc2Br)c1. The van der Waals surface area contributed by atoms with Crippen molar-refractivity contribution in [3.63, 3.8) is 0 Å². The summed E-state index contributed by atoms with van der Waals surface area (Å²) in [6.07, 6.45) is 5.49. The van der Waals surface area contributed by atoms with E-state index in [4.69, 9.17) is 0 Å². The highest BCUT2D eigenvalue weighted by Gasteiger charge is 2.00. The zero-order chi connectivity index (χ0) is 11.4. The number of hydrogen-bond acceptors (Lipinski definition) is 3. The van der Waals surface area contributed by atoms with Crippen molar-refractivity contribution >= 4 is 31.9 Å². The first-order chi connectivity index (χ1) is 7.75. The Bertz CT molecular complexity index is 450. The third-order valence-electron chi connectivity index (χ3n) is 2.09.